The summed E-state index contributed by atoms with van der Waals surface area (Å²) in [5.41, 5.74) is 0.619. The van der Waals surface area contributed by atoms with Gasteiger partial charge in [-0.05, 0) is 87.5 Å². The van der Waals surface area contributed by atoms with Gasteiger partial charge >= 0.3 is 11.9 Å². The van der Waals surface area contributed by atoms with Crippen LogP contribution in [-0.4, -0.2) is 31.1 Å². The average molecular weight is 385 g/mol. The zero-order valence-corrected chi connectivity index (χ0v) is 16.2. The quantitative estimate of drug-likeness (QED) is 0.757. The van der Waals surface area contributed by atoms with Crippen LogP contribution in [0.4, 0.5) is 5.69 Å². The van der Waals surface area contributed by atoms with Crippen LogP contribution in [0.3, 0.4) is 0 Å². The summed E-state index contributed by atoms with van der Waals surface area (Å²) in [6.45, 7) is 1.78. The Hall–Kier alpha value is -2.37. The van der Waals surface area contributed by atoms with Crippen molar-refractivity contribution < 1.29 is 23.9 Å². The summed E-state index contributed by atoms with van der Waals surface area (Å²) in [4.78, 5) is 36.6. The zero-order valence-electron chi connectivity index (χ0n) is 16.2. The molecule has 1 aromatic carbocycles. The summed E-state index contributed by atoms with van der Waals surface area (Å²) in [6.07, 6.45) is 6.55. The third-order valence-electron chi connectivity index (χ3n) is 6.49. The second-order valence-corrected chi connectivity index (χ2v) is 8.62. The maximum atomic E-state index is 12.8. The molecule has 4 aliphatic rings. The molecule has 0 saturated heterocycles. The third kappa shape index (κ3) is 3.77. The van der Waals surface area contributed by atoms with Crippen LogP contribution >= 0.6 is 0 Å². The van der Waals surface area contributed by atoms with E-state index in [4.69, 9.17) is 9.47 Å². The van der Waals surface area contributed by atoms with Crippen LogP contribution in [0.1, 0.15) is 55.8 Å². The van der Waals surface area contributed by atoms with E-state index in [1.54, 1.807) is 31.2 Å². The van der Waals surface area contributed by atoms with E-state index >= 15 is 0 Å². The van der Waals surface area contributed by atoms with Crippen LogP contribution in [0, 0.1) is 23.2 Å². The van der Waals surface area contributed by atoms with Gasteiger partial charge in [-0.3, -0.25) is 9.59 Å². The van der Waals surface area contributed by atoms with Gasteiger partial charge in [0, 0.05) is 5.69 Å². The van der Waals surface area contributed by atoms with Crippen molar-refractivity contribution in [3.8, 4) is 0 Å². The van der Waals surface area contributed by atoms with Crippen molar-refractivity contribution in [1.29, 1.82) is 0 Å². The number of anilines is 1. The first-order chi connectivity index (χ1) is 13.5. The van der Waals surface area contributed by atoms with Crippen LogP contribution in [0.5, 0.6) is 0 Å². The van der Waals surface area contributed by atoms with Gasteiger partial charge in [-0.2, -0.15) is 0 Å². The summed E-state index contributed by atoms with van der Waals surface area (Å²) >= 11 is 0. The number of rotatable bonds is 6. The Morgan fingerprint density at radius 2 is 1.54 bits per heavy atom. The van der Waals surface area contributed by atoms with Gasteiger partial charge in [0.2, 0.25) is 0 Å². The van der Waals surface area contributed by atoms with Crippen LogP contribution in [-0.2, 0) is 19.1 Å². The Morgan fingerprint density at radius 3 is 2.07 bits per heavy atom. The van der Waals surface area contributed by atoms with Gasteiger partial charge in [-0.25, -0.2) is 4.79 Å². The SMILES string of the molecule is CCOC(=O)c1ccc(NC(=O)COC(=O)C23CC4CC(CC(C4)C2)C3)cc1. The molecule has 1 amide bonds. The van der Waals surface area contributed by atoms with Crippen LogP contribution < -0.4 is 5.32 Å². The molecule has 4 fully saturated rings. The molecule has 1 N–H and O–H groups in total. The number of esters is 2. The topological polar surface area (TPSA) is 81.7 Å². The lowest BCUT2D eigenvalue weighted by Crippen LogP contribution is -2.50. The molecule has 0 aromatic heterocycles. The van der Waals surface area contributed by atoms with Crippen molar-refractivity contribution >= 4 is 23.5 Å². The summed E-state index contributed by atoms with van der Waals surface area (Å²) in [5, 5.41) is 2.70. The molecule has 6 heteroatoms. The van der Waals surface area contributed by atoms with E-state index in [1.807, 2.05) is 0 Å². The minimum atomic E-state index is -0.398. The number of hydrogen-bond acceptors (Lipinski definition) is 5. The fourth-order valence-electron chi connectivity index (χ4n) is 5.75. The van der Waals surface area contributed by atoms with Gasteiger partial charge in [0.15, 0.2) is 6.61 Å². The summed E-state index contributed by atoms with van der Waals surface area (Å²) < 4.78 is 10.4. The Kier molecular flexibility index (Phi) is 5.13. The molecule has 0 heterocycles. The molecule has 4 saturated carbocycles. The van der Waals surface area contributed by atoms with Crippen LogP contribution in [0.25, 0.3) is 0 Å². The van der Waals surface area contributed by atoms with Crippen molar-refractivity contribution in [3.63, 3.8) is 0 Å². The molecular formula is C22H27NO5. The van der Waals surface area contributed by atoms with Crippen molar-refractivity contribution in [2.24, 2.45) is 23.2 Å². The van der Waals surface area contributed by atoms with Crippen molar-refractivity contribution in [3.05, 3.63) is 29.8 Å². The number of carbonyl (C=O) groups excluding carboxylic acids is 3. The number of amides is 1. The van der Waals surface area contributed by atoms with Gasteiger partial charge in [-0.15, -0.1) is 0 Å². The smallest absolute Gasteiger partial charge is 0.338 e. The lowest BCUT2D eigenvalue weighted by molar-refractivity contribution is -0.172. The maximum absolute atomic E-state index is 12.8. The Balaban J connectivity index is 1.29. The third-order valence-corrected chi connectivity index (χ3v) is 6.49. The van der Waals surface area contributed by atoms with Gasteiger partial charge in [0.05, 0.1) is 17.6 Å². The number of benzene rings is 1. The molecule has 6 nitrogen and oxygen atoms in total. The van der Waals surface area contributed by atoms with E-state index in [9.17, 15) is 14.4 Å². The zero-order chi connectivity index (χ0) is 19.7. The molecule has 0 radical (unpaired) electrons. The fraction of sp³-hybridized carbons (Fsp3) is 0.591. The molecule has 28 heavy (non-hydrogen) atoms. The fourth-order valence-corrected chi connectivity index (χ4v) is 5.75. The molecular weight excluding hydrogens is 358 g/mol. The average Bonchev–Trinajstić information content (AvgIpc) is 2.66. The Bertz CT molecular complexity index is 734. The molecule has 0 aliphatic heterocycles. The largest absolute Gasteiger partial charge is 0.462 e. The molecule has 0 spiro atoms. The molecule has 0 atom stereocenters. The van der Waals surface area contributed by atoms with Crippen LogP contribution in [0.2, 0.25) is 0 Å². The lowest BCUT2D eigenvalue weighted by Gasteiger charge is -2.55. The molecule has 4 aliphatic carbocycles. The predicted molar refractivity (Wildman–Crippen MR) is 103 cm³/mol. The number of hydrogen-bond donors (Lipinski definition) is 1. The molecule has 150 valence electrons. The molecule has 5 rings (SSSR count). The van der Waals surface area contributed by atoms with Gasteiger partial charge in [0.1, 0.15) is 0 Å². The second-order valence-electron chi connectivity index (χ2n) is 8.62. The van der Waals surface area contributed by atoms with E-state index in [0.29, 0.717) is 35.6 Å². The Labute approximate surface area is 165 Å². The number of ether oxygens (including phenoxy) is 2. The van der Waals surface area contributed by atoms with Crippen LogP contribution in [0.15, 0.2) is 24.3 Å². The predicted octanol–water partition coefficient (Wildman–Crippen LogP) is 3.56. The minimum Gasteiger partial charge on any atom is -0.462 e. The highest BCUT2D eigenvalue weighted by molar-refractivity contribution is 5.94. The first-order valence-corrected chi connectivity index (χ1v) is 10.2. The highest BCUT2D eigenvalue weighted by Crippen LogP contribution is 2.60. The summed E-state index contributed by atoms with van der Waals surface area (Å²) in [6, 6.07) is 6.44. The summed E-state index contributed by atoms with van der Waals surface area (Å²) in [7, 11) is 0. The van der Waals surface area contributed by atoms with Gasteiger partial charge < -0.3 is 14.8 Å². The molecule has 1 aromatic rings. The van der Waals surface area contributed by atoms with Crippen molar-refractivity contribution in [2.75, 3.05) is 18.5 Å². The lowest BCUT2D eigenvalue weighted by atomic mass is 9.49. The van der Waals surface area contributed by atoms with Gasteiger partial charge in [0.25, 0.3) is 5.91 Å². The number of carbonyl (C=O) groups is 3. The highest BCUT2D eigenvalue weighted by atomic mass is 16.5. The monoisotopic (exact) mass is 385 g/mol. The first-order valence-electron chi connectivity index (χ1n) is 10.2. The standard InChI is InChI=1S/C22H27NO5/c1-2-27-20(25)17-3-5-18(6-4-17)23-19(24)13-28-21(26)22-10-14-7-15(11-22)9-16(8-14)12-22/h3-6,14-16H,2,7-13H2,1H3,(H,23,24). The second kappa shape index (κ2) is 7.57. The Morgan fingerprint density at radius 1 is 0.964 bits per heavy atom. The van der Waals surface area contributed by atoms with E-state index < -0.39 is 5.97 Å². The van der Waals surface area contributed by atoms with E-state index in [2.05, 4.69) is 5.32 Å². The molecule has 4 bridgehead atoms. The van der Waals surface area contributed by atoms with E-state index in [-0.39, 0.29) is 23.9 Å². The normalized spacial score (nSPS) is 30.0. The van der Waals surface area contributed by atoms with Gasteiger partial charge in [-0.1, -0.05) is 0 Å². The van der Waals surface area contributed by atoms with Crippen molar-refractivity contribution in [2.45, 2.75) is 45.4 Å². The highest BCUT2D eigenvalue weighted by Gasteiger charge is 2.55. The molecule has 0 unspecified atom stereocenters. The first kappa shape index (κ1) is 19.0. The maximum Gasteiger partial charge on any atom is 0.338 e. The van der Waals surface area contributed by atoms with Crippen molar-refractivity contribution in [1.82, 2.24) is 0 Å². The van der Waals surface area contributed by atoms with E-state index in [0.717, 1.165) is 19.3 Å². The summed E-state index contributed by atoms with van der Waals surface area (Å²) in [5.74, 6) is 1.01. The minimum absolute atomic E-state index is 0.195. The van der Waals surface area contributed by atoms with E-state index in [1.165, 1.54) is 19.3 Å². The number of nitrogens with one attached hydrogen (secondary N) is 1.